The smallest absolute Gasteiger partial charge is 0.404 e. The quantitative estimate of drug-likeness (QED) is 0.681. The van der Waals surface area contributed by atoms with E-state index in [0.717, 1.165) is 17.8 Å². The third-order valence-electron chi connectivity index (χ3n) is 2.37. The lowest BCUT2D eigenvalue weighted by atomic mass is 10.3. The van der Waals surface area contributed by atoms with Crippen LogP contribution in [0.1, 0.15) is 12.8 Å². The van der Waals surface area contributed by atoms with E-state index in [1.165, 1.54) is 11.3 Å². The number of carbonyl (C=O) groups is 1. The summed E-state index contributed by atoms with van der Waals surface area (Å²) in [6, 6.07) is 0. The fraction of sp³-hybridized carbons (Fsp3) is 0.400. The fourth-order valence-electron chi connectivity index (χ4n) is 1.50. The number of nitrogens with one attached hydrogen (secondary N) is 1. The number of amides is 1. The molecule has 9 heteroatoms. The van der Waals surface area contributed by atoms with Crippen LogP contribution in [0.5, 0.6) is 0 Å². The highest BCUT2D eigenvalue weighted by atomic mass is 32.1. The molecule has 2 aromatic heterocycles. The Morgan fingerprint density at radius 1 is 1.53 bits per heavy atom. The Kier molecular flexibility index (Phi) is 4.29. The van der Waals surface area contributed by atoms with Crippen molar-refractivity contribution in [1.29, 1.82) is 0 Å². The zero-order valence-electron chi connectivity index (χ0n) is 10.1. The van der Waals surface area contributed by atoms with Crippen LogP contribution >= 0.6 is 11.3 Å². The average molecular weight is 282 g/mol. The molecule has 0 saturated heterocycles. The molecule has 0 aliphatic rings. The van der Waals surface area contributed by atoms with Crippen LogP contribution in [0, 0.1) is 0 Å². The molecule has 0 spiro atoms. The molecule has 0 unspecified atom stereocenters. The second-order valence-corrected chi connectivity index (χ2v) is 4.94. The molecule has 2 heterocycles. The van der Waals surface area contributed by atoms with Crippen LogP contribution in [0.15, 0.2) is 12.4 Å². The Labute approximate surface area is 113 Å². The van der Waals surface area contributed by atoms with Gasteiger partial charge in [0, 0.05) is 13.1 Å². The highest BCUT2D eigenvalue weighted by Gasteiger charge is 2.07. The predicted molar refractivity (Wildman–Crippen MR) is 70.8 cm³/mol. The van der Waals surface area contributed by atoms with Gasteiger partial charge in [0.15, 0.2) is 0 Å². The lowest BCUT2D eigenvalue weighted by Gasteiger charge is -2.00. The van der Waals surface area contributed by atoms with Crippen molar-refractivity contribution in [3.63, 3.8) is 0 Å². The average Bonchev–Trinajstić information content (AvgIpc) is 2.97. The van der Waals surface area contributed by atoms with E-state index in [0.29, 0.717) is 23.8 Å². The first kappa shape index (κ1) is 13.3. The van der Waals surface area contributed by atoms with E-state index in [1.807, 2.05) is 6.20 Å². The Balaban J connectivity index is 1.79. The highest BCUT2D eigenvalue weighted by molar-refractivity contribution is 7.18. The third kappa shape index (κ3) is 3.91. The minimum Gasteiger partial charge on any atom is -0.465 e. The number of aromatic nitrogens is 4. The van der Waals surface area contributed by atoms with Crippen LogP contribution in [-0.4, -0.2) is 37.7 Å². The first-order chi connectivity index (χ1) is 9.15. The number of aryl methyl sites for hydroxylation is 1. The van der Waals surface area contributed by atoms with E-state index in [4.69, 9.17) is 10.8 Å². The summed E-state index contributed by atoms with van der Waals surface area (Å²) in [6.07, 6.45) is 3.98. The van der Waals surface area contributed by atoms with Gasteiger partial charge >= 0.3 is 6.09 Å². The van der Waals surface area contributed by atoms with Gasteiger partial charge in [0.25, 0.3) is 0 Å². The normalized spacial score (nSPS) is 10.5. The number of thiazole rings is 1. The molecule has 19 heavy (non-hydrogen) atoms. The molecular formula is C10H14N6O2S. The van der Waals surface area contributed by atoms with Gasteiger partial charge in [0.2, 0.25) is 0 Å². The molecule has 2 aromatic rings. The summed E-state index contributed by atoms with van der Waals surface area (Å²) in [5, 5.41) is 20.1. The van der Waals surface area contributed by atoms with E-state index in [9.17, 15) is 4.79 Å². The maximum atomic E-state index is 10.2. The van der Waals surface area contributed by atoms with Crippen molar-refractivity contribution in [1.82, 2.24) is 25.3 Å². The fourth-order valence-corrected chi connectivity index (χ4v) is 2.14. The van der Waals surface area contributed by atoms with E-state index in [2.05, 4.69) is 20.6 Å². The van der Waals surface area contributed by atoms with Crippen molar-refractivity contribution in [3.05, 3.63) is 12.4 Å². The Bertz CT molecular complexity index is 552. The summed E-state index contributed by atoms with van der Waals surface area (Å²) in [5.74, 6) is 0. The number of nitrogen functional groups attached to an aromatic ring is 1. The van der Waals surface area contributed by atoms with Gasteiger partial charge in [-0.05, 0) is 12.8 Å². The van der Waals surface area contributed by atoms with Crippen molar-refractivity contribution < 1.29 is 9.90 Å². The number of rotatable bonds is 6. The van der Waals surface area contributed by atoms with Crippen molar-refractivity contribution in [2.24, 2.45) is 0 Å². The number of nitrogens with zero attached hydrogens (tertiary/aromatic N) is 4. The van der Waals surface area contributed by atoms with Gasteiger partial charge in [-0.25, -0.2) is 9.78 Å². The monoisotopic (exact) mass is 282 g/mol. The van der Waals surface area contributed by atoms with Gasteiger partial charge in [0.1, 0.15) is 15.7 Å². The maximum absolute atomic E-state index is 10.2. The number of unbranched alkanes of at least 4 members (excludes halogenated alkanes) is 1. The minimum atomic E-state index is -0.996. The Morgan fingerprint density at radius 2 is 2.37 bits per heavy atom. The van der Waals surface area contributed by atoms with E-state index < -0.39 is 6.09 Å². The maximum Gasteiger partial charge on any atom is 0.404 e. The van der Waals surface area contributed by atoms with Crippen molar-refractivity contribution in [3.8, 4) is 10.7 Å². The molecule has 0 radical (unpaired) electrons. The number of hydrogen-bond acceptors (Lipinski definition) is 6. The predicted octanol–water partition coefficient (Wildman–Crippen LogP) is 1.03. The molecule has 1 amide bonds. The lowest BCUT2D eigenvalue weighted by molar-refractivity contribution is 0.194. The highest BCUT2D eigenvalue weighted by Crippen LogP contribution is 2.24. The molecule has 4 N–H and O–H groups in total. The van der Waals surface area contributed by atoms with Gasteiger partial charge in [-0.1, -0.05) is 16.6 Å². The number of nitrogens with two attached hydrogens (primary N) is 1. The summed E-state index contributed by atoms with van der Waals surface area (Å²) >= 11 is 1.36. The molecule has 0 aliphatic heterocycles. The van der Waals surface area contributed by atoms with Crippen molar-refractivity contribution >= 4 is 22.4 Å². The summed E-state index contributed by atoms with van der Waals surface area (Å²) < 4.78 is 1.72. The van der Waals surface area contributed by atoms with E-state index in [1.54, 1.807) is 10.9 Å². The molecule has 2 rings (SSSR count). The summed E-state index contributed by atoms with van der Waals surface area (Å²) in [6.45, 7) is 1.13. The van der Waals surface area contributed by atoms with Crippen LogP contribution in [0.4, 0.5) is 9.80 Å². The summed E-state index contributed by atoms with van der Waals surface area (Å²) in [7, 11) is 0. The van der Waals surface area contributed by atoms with Gasteiger partial charge < -0.3 is 16.2 Å². The van der Waals surface area contributed by atoms with Gasteiger partial charge in [-0.3, -0.25) is 4.68 Å². The summed E-state index contributed by atoms with van der Waals surface area (Å²) in [4.78, 5) is 14.4. The zero-order valence-corrected chi connectivity index (χ0v) is 10.9. The van der Waals surface area contributed by atoms with Crippen molar-refractivity contribution in [2.45, 2.75) is 19.4 Å². The number of carboxylic acid groups (broad SMARTS) is 1. The van der Waals surface area contributed by atoms with Crippen LogP contribution in [0.3, 0.4) is 0 Å². The van der Waals surface area contributed by atoms with Gasteiger partial charge in [-0.15, -0.1) is 5.10 Å². The van der Waals surface area contributed by atoms with Crippen LogP contribution < -0.4 is 11.1 Å². The molecule has 8 nitrogen and oxygen atoms in total. The van der Waals surface area contributed by atoms with E-state index in [-0.39, 0.29) is 0 Å². The zero-order chi connectivity index (χ0) is 13.7. The van der Waals surface area contributed by atoms with E-state index >= 15 is 0 Å². The molecule has 102 valence electrons. The standard InChI is InChI=1S/C10H14N6O2S/c11-8-5-13-9(19-8)7-6-16(15-14-7)4-2-1-3-12-10(17)18/h5-6,12H,1-4,11H2,(H,17,18). The second-order valence-electron chi connectivity index (χ2n) is 3.87. The first-order valence-corrected chi connectivity index (χ1v) is 6.55. The van der Waals surface area contributed by atoms with Gasteiger partial charge in [0.05, 0.1) is 12.4 Å². The lowest BCUT2D eigenvalue weighted by Crippen LogP contribution is -2.22. The molecular weight excluding hydrogens is 268 g/mol. The molecule has 0 bridgehead atoms. The number of hydrogen-bond donors (Lipinski definition) is 3. The van der Waals surface area contributed by atoms with Crippen LogP contribution in [-0.2, 0) is 6.54 Å². The van der Waals surface area contributed by atoms with Crippen LogP contribution in [0.25, 0.3) is 10.7 Å². The molecule has 0 fully saturated rings. The van der Waals surface area contributed by atoms with Crippen LogP contribution in [0.2, 0.25) is 0 Å². The first-order valence-electron chi connectivity index (χ1n) is 5.74. The number of anilines is 1. The largest absolute Gasteiger partial charge is 0.465 e. The Hall–Kier alpha value is -2.16. The molecule has 0 atom stereocenters. The SMILES string of the molecule is Nc1cnc(-c2cn(CCCCNC(=O)O)nn2)s1. The minimum absolute atomic E-state index is 0.444. The van der Waals surface area contributed by atoms with Crippen molar-refractivity contribution in [2.75, 3.05) is 12.3 Å². The molecule has 0 saturated carbocycles. The third-order valence-corrected chi connectivity index (χ3v) is 3.22. The second kappa shape index (κ2) is 6.14. The van der Waals surface area contributed by atoms with Gasteiger partial charge in [-0.2, -0.15) is 0 Å². The Morgan fingerprint density at radius 3 is 3.05 bits per heavy atom. The summed E-state index contributed by atoms with van der Waals surface area (Å²) in [5.41, 5.74) is 6.31. The topological polar surface area (TPSA) is 119 Å². The molecule has 0 aromatic carbocycles. The molecule has 0 aliphatic carbocycles.